The largest absolute Gasteiger partial charge is 0.360 e. The Morgan fingerprint density at radius 3 is 1.97 bits per heavy atom. The van der Waals surface area contributed by atoms with Gasteiger partial charge in [-0.15, -0.1) is 0 Å². The fourth-order valence-electron chi connectivity index (χ4n) is 5.18. The van der Waals surface area contributed by atoms with Gasteiger partial charge in [0.05, 0.1) is 0 Å². The lowest BCUT2D eigenvalue weighted by molar-refractivity contribution is 0.102. The number of nitrogens with zero attached hydrogens (tertiary/aromatic N) is 5. The molecular weight excluding hydrogens is 492 g/mol. The number of carbonyl (C=O) groups excluding carboxylic acids is 1. The smallest absolute Gasteiger partial charge is 0.261 e. The van der Waals surface area contributed by atoms with Crippen molar-refractivity contribution in [2.45, 2.75) is 38.5 Å². The summed E-state index contributed by atoms with van der Waals surface area (Å²) in [6.45, 7) is 3.82. The Kier molecular flexibility index (Phi) is 7.07. The third-order valence-electron chi connectivity index (χ3n) is 7.32. The van der Waals surface area contributed by atoms with Crippen molar-refractivity contribution in [1.29, 1.82) is 0 Å². The van der Waals surface area contributed by atoms with Gasteiger partial charge in [-0.3, -0.25) is 9.59 Å². The quantitative estimate of drug-likeness (QED) is 0.332. The molecule has 2 fully saturated rings. The molecular formula is C29H32N8O2. The van der Waals surface area contributed by atoms with E-state index in [0.717, 1.165) is 69.4 Å². The standard InChI is InChI=1S/C29H32N8O2/c38-25-22-9-3-4-10-24(22)30-19-23(25)26(39)31-20-11-13-21(14-12-20)32-27-33-28(36-15-5-1-6-16-36)35-29(34-27)37-17-7-2-8-18-37/h3-4,9-14,19H,1-2,5-8,15-18H2,(H,30,38)(H,31,39)(H,32,33,34,35). The third-order valence-corrected chi connectivity index (χ3v) is 7.32. The molecule has 1 amide bonds. The van der Waals surface area contributed by atoms with Crippen LogP contribution in [0.5, 0.6) is 0 Å². The van der Waals surface area contributed by atoms with Crippen LogP contribution in [0.1, 0.15) is 48.9 Å². The molecule has 0 spiro atoms. The maximum absolute atomic E-state index is 12.8. The van der Waals surface area contributed by atoms with E-state index in [0.29, 0.717) is 22.5 Å². The van der Waals surface area contributed by atoms with E-state index < -0.39 is 5.91 Å². The molecule has 0 aliphatic carbocycles. The second kappa shape index (κ2) is 11.1. The molecule has 2 aromatic heterocycles. The summed E-state index contributed by atoms with van der Waals surface area (Å²) in [4.78, 5) is 47.5. The Morgan fingerprint density at radius 2 is 1.33 bits per heavy atom. The van der Waals surface area contributed by atoms with Gasteiger partial charge in [0, 0.05) is 54.7 Å². The van der Waals surface area contributed by atoms with Gasteiger partial charge >= 0.3 is 0 Å². The van der Waals surface area contributed by atoms with Crippen LogP contribution in [0.3, 0.4) is 0 Å². The molecule has 39 heavy (non-hydrogen) atoms. The first kappa shape index (κ1) is 24.8. The van der Waals surface area contributed by atoms with Crippen molar-refractivity contribution in [3.63, 3.8) is 0 Å². The fraction of sp³-hybridized carbons (Fsp3) is 0.345. The highest BCUT2D eigenvalue weighted by molar-refractivity contribution is 6.05. The average molecular weight is 525 g/mol. The minimum atomic E-state index is -0.461. The summed E-state index contributed by atoms with van der Waals surface area (Å²) >= 11 is 0. The van der Waals surface area contributed by atoms with Crippen molar-refractivity contribution in [1.82, 2.24) is 19.9 Å². The predicted octanol–water partition coefficient (Wildman–Crippen LogP) is 4.69. The maximum Gasteiger partial charge on any atom is 0.261 e. The normalized spacial score (nSPS) is 15.8. The zero-order valence-electron chi connectivity index (χ0n) is 21.8. The topological polar surface area (TPSA) is 119 Å². The first-order chi connectivity index (χ1) is 19.1. The van der Waals surface area contributed by atoms with E-state index in [1.165, 1.54) is 19.0 Å². The van der Waals surface area contributed by atoms with Crippen LogP contribution in [-0.4, -0.2) is 52.0 Å². The van der Waals surface area contributed by atoms with E-state index in [2.05, 4.69) is 25.4 Å². The Bertz CT molecular complexity index is 1490. The van der Waals surface area contributed by atoms with Crippen LogP contribution in [-0.2, 0) is 0 Å². The van der Waals surface area contributed by atoms with Gasteiger partial charge in [0.2, 0.25) is 23.3 Å². The summed E-state index contributed by atoms with van der Waals surface area (Å²) in [5.41, 5.74) is 1.83. The summed E-state index contributed by atoms with van der Waals surface area (Å²) in [5.74, 6) is 1.48. The van der Waals surface area contributed by atoms with E-state index in [9.17, 15) is 9.59 Å². The number of aromatic nitrogens is 4. The lowest BCUT2D eigenvalue weighted by atomic mass is 10.1. The van der Waals surface area contributed by atoms with Crippen molar-refractivity contribution in [2.24, 2.45) is 0 Å². The van der Waals surface area contributed by atoms with Crippen LogP contribution >= 0.6 is 0 Å². The van der Waals surface area contributed by atoms with Crippen LogP contribution < -0.4 is 25.9 Å². The fourth-order valence-corrected chi connectivity index (χ4v) is 5.18. The number of rotatable bonds is 6. The van der Waals surface area contributed by atoms with Crippen molar-refractivity contribution >= 4 is 46.0 Å². The van der Waals surface area contributed by atoms with Crippen LogP contribution in [0.2, 0.25) is 0 Å². The van der Waals surface area contributed by atoms with Crippen molar-refractivity contribution < 1.29 is 4.79 Å². The highest BCUT2D eigenvalue weighted by Crippen LogP contribution is 2.25. The van der Waals surface area contributed by atoms with Crippen LogP contribution in [0.4, 0.5) is 29.2 Å². The molecule has 2 saturated heterocycles. The summed E-state index contributed by atoms with van der Waals surface area (Å²) in [7, 11) is 0. The van der Waals surface area contributed by atoms with Crippen molar-refractivity contribution in [2.75, 3.05) is 46.6 Å². The molecule has 10 nitrogen and oxygen atoms in total. The number of anilines is 5. The number of H-pyrrole nitrogens is 1. The zero-order chi connectivity index (χ0) is 26.6. The first-order valence-corrected chi connectivity index (χ1v) is 13.7. The molecule has 10 heteroatoms. The maximum atomic E-state index is 12.8. The van der Waals surface area contributed by atoms with Gasteiger partial charge in [-0.2, -0.15) is 15.0 Å². The highest BCUT2D eigenvalue weighted by Gasteiger charge is 2.20. The van der Waals surface area contributed by atoms with E-state index in [-0.39, 0.29) is 11.0 Å². The molecule has 4 aromatic rings. The van der Waals surface area contributed by atoms with Crippen molar-refractivity contribution in [3.05, 3.63) is 70.5 Å². The molecule has 6 rings (SSSR count). The first-order valence-electron chi connectivity index (χ1n) is 13.7. The second-order valence-corrected chi connectivity index (χ2v) is 10.1. The number of piperidine rings is 2. The van der Waals surface area contributed by atoms with Gasteiger partial charge in [-0.25, -0.2) is 0 Å². The van der Waals surface area contributed by atoms with E-state index in [1.807, 2.05) is 24.3 Å². The van der Waals surface area contributed by atoms with Gasteiger partial charge in [0.25, 0.3) is 5.91 Å². The number of pyridine rings is 1. The van der Waals surface area contributed by atoms with Gasteiger partial charge in [0.1, 0.15) is 5.56 Å². The van der Waals surface area contributed by atoms with Gasteiger partial charge < -0.3 is 25.4 Å². The van der Waals surface area contributed by atoms with E-state index in [4.69, 9.17) is 15.0 Å². The molecule has 2 aliphatic heterocycles. The van der Waals surface area contributed by atoms with Crippen LogP contribution in [0.25, 0.3) is 10.9 Å². The molecule has 200 valence electrons. The van der Waals surface area contributed by atoms with Crippen LogP contribution in [0.15, 0.2) is 59.5 Å². The molecule has 0 unspecified atom stereocenters. The van der Waals surface area contributed by atoms with Crippen LogP contribution in [0, 0.1) is 0 Å². The average Bonchev–Trinajstić information content (AvgIpc) is 2.99. The zero-order valence-corrected chi connectivity index (χ0v) is 21.8. The minimum absolute atomic E-state index is 0.0663. The molecule has 0 radical (unpaired) electrons. The third kappa shape index (κ3) is 5.55. The number of hydrogen-bond acceptors (Lipinski definition) is 8. The second-order valence-electron chi connectivity index (χ2n) is 10.1. The summed E-state index contributed by atoms with van der Waals surface area (Å²) in [6.07, 6.45) is 8.51. The summed E-state index contributed by atoms with van der Waals surface area (Å²) in [6, 6.07) is 14.4. The Balaban J connectivity index is 1.19. The Labute approximate surface area is 226 Å². The number of benzene rings is 2. The SMILES string of the molecule is O=C(Nc1ccc(Nc2nc(N3CCCCC3)nc(N3CCCCC3)n2)cc1)c1c[nH]c2ccccc2c1=O. The molecule has 3 N–H and O–H groups in total. The molecule has 2 aliphatic rings. The number of hydrogen-bond donors (Lipinski definition) is 3. The Hall–Kier alpha value is -4.47. The highest BCUT2D eigenvalue weighted by atomic mass is 16.2. The lowest BCUT2D eigenvalue weighted by Gasteiger charge is -2.30. The predicted molar refractivity (Wildman–Crippen MR) is 154 cm³/mol. The number of amides is 1. The monoisotopic (exact) mass is 524 g/mol. The minimum Gasteiger partial charge on any atom is -0.360 e. The molecule has 0 atom stereocenters. The number of carbonyl (C=O) groups is 1. The van der Waals surface area contributed by atoms with Gasteiger partial charge in [-0.05, 0) is 74.9 Å². The van der Waals surface area contributed by atoms with E-state index in [1.54, 1.807) is 24.3 Å². The number of fused-ring (bicyclic) bond motifs is 1. The molecule has 4 heterocycles. The molecule has 0 bridgehead atoms. The van der Waals surface area contributed by atoms with Gasteiger partial charge in [0.15, 0.2) is 0 Å². The van der Waals surface area contributed by atoms with Crippen molar-refractivity contribution in [3.8, 4) is 0 Å². The number of para-hydroxylation sites is 1. The van der Waals surface area contributed by atoms with E-state index >= 15 is 0 Å². The Morgan fingerprint density at radius 1 is 0.744 bits per heavy atom. The van der Waals surface area contributed by atoms with Gasteiger partial charge in [-0.1, -0.05) is 12.1 Å². The summed E-state index contributed by atoms with van der Waals surface area (Å²) < 4.78 is 0. The lowest BCUT2D eigenvalue weighted by Crippen LogP contribution is -2.34. The number of nitrogens with one attached hydrogen (secondary N) is 3. The summed E-state index contributed by atoms with van der Waals surface area (Å²) in [5, 5.41) is 6.62. The molecule has 0 saturated carbocycles. The molecule has 2 aromatic carbocycles. The number of aromatic amines is 1.